The Hall–Kier alpha value is -3.34. The molecule has 0 bridgehead atoms. The van der Waals surface area contributed by atoms with Crippen LogP contribution in [0.25, 0.3) is 0 Å². The fraction of sp³-hybridized carbons (Fsp3) is 0.235. The number of carboxylic acids is 1. The molecule has 1 N–H and O–H groups in total. The number of para-hydroxylation sites is 1. The first-order chi connectivity index (χ1) is 13.1. The molecule has 150 valence electrons. The third kappa shape index (κ3) is 3.83. The molecule has 11 heteroatoms. The third-order valence-corrected chi connectivity index (χ3v) is 5.86. The van der Waals surface area contributed by atoms with Gasteiger partial charge < -0.3 is 14.6 Å². The van der Waals surface area contributed by atoms with E-state index in [2.05, 4.69) is 0 Å². The Kier molecular flexibility index (Phi) is 6.09. The first kappa shape index (κ1) is 21.0. The van der Waals surface area contributed by atoms with Crippen LogP contribution in [-0.4, -0.2) is 44.7 Å². The van der Waals surface area contributed by atoms with Crippen molar-refractivity contribution in [1.29, 1.82) is 0 Å². The van der Waals surface area contributed by atoms with Crippen LogP contribution in [0.2, 0.25) is 0 Å². The number of rotatable bonds is 8. The number of benzene rings is 2. The van der Waals surface area contributed by atoms with Gasteiger partial charge in [-0.05, 0) is 25.1 Å². The maximum atomic E-state index is 13.3. The van der Waals surface area contributed by atoms with E-state index in [4.69, 9.17) is 9.47 Å². The number of nitro benzene ring substituents is 1. The van der Waals surface area contributed by atoms with Gasteiger partial charge in [0.15, 0.2) is 4.90 Å². The summed E-state index contributed by atoms with van der Waals surface area (Å²) >= 11 is 0. The van der Waals surface area contributed by atoms with E-state index in [0.717, 1.165) is 19.1 Å². The van der Waals surface area contributed by atoms with Crippen molar-refractivity contribution in [2.45, 2.75) is 17.9 Å². The van der Waals surface area contributed by atoms with Crippen molar-refractivity contribution in [3.63, 3.8) is 0 Å². The second kappa shape index (κ2) is 8.13. The predicted molar refractivity (Wildman–Crippen MR) is 99.4 cm³/mol. The highest BCUT2D eigenvalue weighted by Crippen LogP contribution is 2.38. The Morgan fingerprint density at radius 2 is 1.82 bits per heavy atom. The van der Waals surface area contributed by atoms with Gasteiger partial charge in [-0.3, -0.25) is 10.1 Å². The second-order valence-electron chi connectivity index (χ2n) is 5.58. The van der Waals surface area contributed by atoms with Crippen LogP contribution in [0.1, 0.15) is 6.92 Å². The largest absolute Gasteiger partial charge is 0.497 e. The molecule has 0 spiro atoms. The molecule has 0 heterocycles. The zero-order valence-corrected chi connectivity index (χ0v) is 16.0. The molecule has 0 fully saturated rings. The molecule has 0 aliphatic rings. The number of nitro groups is 1. The molecular formula is C17H18N2O8S. The molecule has 0 aliphatic carbocycles. The van der Waals surface area contributed by atoms with Crippen molar-refractivity contribution >= 4 is 27.4 Å². The van der Waals surface area contributed by atoms with Gasteiger partial charge in [-0.25, -0.2) is 17.5 Å². The van der Waals surface area contributed by atoms with E-state index in [1.165, 1.54) is 44.6 Å². The van der Waals surface area contributed by atoms with E-state index in [9.17, 15) is 28.4 Å². The monoisotopic (exact) mass is 410 g/mol. The molecule has 0 aromatic heterocycles. The number of ether oxygens (including phenoxy) is 2. The molecule has 0 saturated carbocycles. The minimum Gasteiger partial charge on any atom is -0.497 e. The summed E-state index contributed by atoms with van der Waals surface area (Å²) in [6.45, 7) is 1.15. The maximum Gasteiger partial charge on any atom is 0.327 e. The SMILES string of the molecule is COc1ccc(N(C(C)C(=O)O)S(=O)(=O)c2ccccc2[N+](=O)[O-])c(OC)c1. The lowest BCUT2D eigenvalue weighted by atomic mass is 10.2. The summed E-state index contributed by atoms with van der Waals surface area (Å²) in [5.41, 5.74) is -0.770. The van der Waals surface area contributed by atoms with E-state index in [1.807, 2.05) is 0 Å². The Balaban J connectivity index is 2.79. The number of hydrogen-bond donors (Lipinski definition) is 1. The van der Waals surface area contributed by atoms with Crippen molar-refractivity contribution in [2.75, 3.05) is 18.5 Å². The Bertz CT molecular complexity index is 1010. The normalized spacial score (nSPS) is 12.1. The molecule has 1 atom stereocenters. The van der Waals surface area contributed by atoms with Gasteiger partial charge in [0.05, 0.1) is 24.8 Å². The van der Waals surface area contributed by atoms with Crippen molar-refractivity contribution in [3.8, 4) is 11.5 Å². The third-order valence-electron chi connectivity index (χ3n) is 3.93. The van der Waals surface area contributed by atoms with Gasteiger partial charge >= 0.3 is 5.97 Å². The average Bonchev–Trinajstić information content (AvgIpc) is 2.67. The smallest absolute Gasteiger partial charge is 0.327 e. The summed E-state index contributed by atoms with van der Waals surface area (Å²) in [7, 11) is -1.96. The summed E-state index contributed by atoms with van der Waals surface area (Å²) in [6, 6.07) is 7.24. The summed E-state index contributed by atoms with van der Waals surface area (Å²) in [5.74, 6) is -1.07. The van der Waals surface area contributed by atoms with E-state index in [1.54, 1.807) is 0 Å². The van der Waals surface area contributed by atoms with Gasteiger partial charge in [0.25, 0.3) is 15.7 Å². The zero-order chi connectivity index (χ0) is 21.1. The molecule has 0 saturated heterocycles. The molecule has 0 aliphatic heterocycles. The Morgan fingerprint density at radius 1 is 1.18 bits per heavy atom. The van der Waals surface area contributed by atoms with Crippen LogP contribution in [-0.2, 0) is 14.8 Å². The highest BCUT2D eigenvalue weighted by Gasteiger charge is 2.38. The van der Waals surface area contributed by atoms with E-state index >= 15 is 0 Å². The summed E-state index contributed by atoms with van der Waals surface area (Å²) < 4.78 is 37.4. The lowest BCUT2D eigenvalue weighted by Gasteiger charge is -2.29. The van der Waals surface area contributed by atoms with E-state index < -0.39 is 37.5 Å². The Morgan fingerprint density at radius 3 is 2.36 bits per heavy atom. The topological polar surface area (TPSA) is 136 Å². The zero-order valence-electron chi connectivity index (χ0n) is 15.2. The van der Waals surface area contributed by atoms with Crippen LogP contribution >= 0.6 is 0 Å². The number of hydrogen-bond acceptors (Lipinski definition) is 7. The molecule has 1 unspecified atom stereocenters. The lowest BCUT2D eigenvalue weighted by Crippen LogP contribution is -2.43. The van der Waals surface area contributed by atoms with Gasteiger partial charge in [0.2, 0.25) is 0 Å². The van der Waals surface area contributed by atoms with Crippen molar-refractivity contribution < 1.29 is 32.7 Å². The van der Waals surface area contributed by atoms with E-state index in [0.29, 0.717) is 10.1 Å². The minimum absolute atomic E-state index is 0.0228. The van der Waals surface area contributed by atoms with Crippen molar-refractivity contribution in [2.24, 2.45) is 0 Å². The number of carbonyl (C=O) groups is 1. The second-order valence-corrected chi connectivity index (χ2v) is 7.36. The molecule has 2 aromatic carbocycles. The molecule has 2 aromatic rings. The van der Waals surface area contributed by atoms with Crippen LogP contribution in [0.5, 0.6) is 11.5 Å². The van der Waals surface area contributed by atoms with Gasteiger partial charge in [-0.1, -0.05) is 12.1 Å². The molecule has 0 amide bonds. The van der Waals surface area contributed by atoms with Crippen LogP contribution in [0.3, 0.4) is 0 Å². The molecule has 10 nitrogen and oxygen atoms in total. The number of anilines is 1. The standard InChI is InChI=1S/C17H18N2O8S/c1-11(17(20)21)18(13-9-8-12(26-2)10-15(13)27-3)28(24,25)16-7-5-4-6-14(16)19(22)23/h4-11H,1-3H3,(H,20,21). The number of nitrogens with zero attached hydrogens (tertiary/aromatic N) is 2. The van der Waals surface area contributed by atoms with E-state index in [-0.39, 0.29) is 11.4 Å². The Labute approximate surface area is 161 Å². The molecule has 2 rings (SSSR count). The number of aliphatic carboxylic acids is 1. The van der Waals surface area contributed by atoms with Crippen LogP contribution in [0, 0.1) is 10.1 Å². The fourth-order valence-corrected chi connectivity index (χ4v) is 4.33. The van der Waals surface area contributed by atoms with Gasteiger partial charge in [-0.15, -0.1) is 0 Å². The summed E-state index contributed by atoms with van der Waals surface area (Å²) in [5, 5.41) is 20.8. The highest BCUT2D eigenvalue weighted by atomic mass is 32.2. The highest BCUT2D eigenvalue weighted by molar-refractivity contribution is 7.93. The quantitative estimate of drug-likeness (QED) is 0.517. The van der Waals surface area contributed by atoms with Crippen LogP contribution < -0.4 is 13.8 Å². The van der Waals surface area contributed by atoms with Crippen molar-refractivity contribution in [1.82, 2.24) is 0 Å². The molecule has 28 heavy (non-hydrogen) atoms. The van der Waals surface area contributed by atoms with Crippen LogP contribution in [0.15, 0.2) is 47.4 Å². The summed E-state index contributed by atoms with van der Waals surface area (Å²) in [6.07, 6.45) is 0. The number of methoxy groups -OCH3 is 2. The summed E-state index contributed by atoms with van der Waals surface area (Å²) in [4.78, 5) is 21.5. The predicted octanol–water partition coefficient (Wildman–Crippen LogP) is 2.28. The van der Waals surface area contributed by atoms with Crippen LogP contribution in [0.4, 0.5) is 11.4 Å². The minimum atomic E-state index is -4.64. The fourth-order valence-electron chi connectivity index (χ4n) is 2.55. The first-order valence-corrected chi connectivity index (χ1v) is 9.31. The van der Waals surface area contributed by atoms with Gasteiger partial charge in [-0.2, -0.15) is 0 Å². The first-order valence-electron chi connectivity index (χ1n) is 7.87. The van der Waals surface area contributed by atoms with Gasteiger partial charge in [0, 0.05) is 12.1 Å². The molecular weight excluding hydrogens is 392 g/mol. The number of sulfonamides is 1. The van der Waals surface area contributed by atoms with Crippen molar-refractivity contribution in [3.05, 3.63) is 52.6 Å². The maximum absolute atomic E-state index is 13.3. The lowest BCUT2D eigenvalue weighted by molar-refractivity contribution is -0.387. The average molecular weight is 410 g/mol. The number of carboxylic acid groups (broad SMARTS) is 1. The molecule has 0 radical (unpaired) electrons. The van der Waals surface area contributed by atoms with Gasteiger partial charge in [0.1, 0.15) is 17.5 Å².